The molecule has 6 heteroatoms. The molecule has 1 aromatic heterocycles. The summed E-state index contributed by atoms with van der Waals surface area (Å²) >= 11 is 0. The van der Waals surface area contributed by atoms with E-state index in [1.165, 1.54) is 9.87 Å². The topological polar surface area (TPSA) is 62.3 Å². The van der Waals surface area contributed by atoms with Gasteiger partial charge in [0.15, 0.2) is 5.82 Å². The number of anilines is 2. The molecule has 1 aliphatic rings. The van der Waals surface area contributed by atoms with Crippen LogP contribution >= 0.6 is 0 Å². The van der Waals surface area contributed by atoms with E-state index >= 15 is 0 Å². The molecule has 0 amide bonds. The molecule has 0 bridgehead atoms. The lowest BCUT2D eigenvalue weighted by Crippen LogP contribution is -2.28. The van der Waals surface area contributed by atoms with Crippen LogP contribution in [0.1, 0.15) is 25.3 Å². The van der Waals surface area contributed by atoms with Gasteiger partial charge in [-0.25, -0.2) is 13.4 Å². The van der Waals surface area contributed by atoms with Crippen molar-refractivity contribution >= 4 is 21.5 Å². The largest absolute Gasteiger partial charge is 0.339 e. The van der Waals surface area contributed by atoms with Gasteiger partial charge >= 0.3 is 0 Å². The summed E-state index contributed by atoms with van der Waals surface area (Å²) in [6.07, 6.45) is 4.41. The van der Waals surface area contributed by atoms with Crippen molar-refractivity contribution in [3.05, 3.63) is 48.2 Å². The number of nitrogens with one attached hydrogen (secondary N) is 1. The molecule has 1 aliphatic heterocycles. The highest BCUT2D eigenvalue weighted by Gasteiger charge is 2.29. The van der Waals surface area contributed by atoms with Crippen molar-refractivity contribution in [1.82, 2.24) is 9.29 Å². The molecule has 1 fully saturated rings. The van der Waals surface area contributed by atoms with Gasteiger partial charge in [0.1, 0.15) is 4.90 Å². The maximum atomic E-state index is 12.8. The Morgan fingerprint density at radius 1 is 1.13 bits per heavy atom. The van der Waals surface area contributed by atoms with Crippen LogP contribution in [0.5, 0.6) is 0 Å². The fraction of sp³-hybridized carbons (Fsp3) is 0.353. The summed E-state index contributed by atoms with van der Waals surface area (Å²) in [6, 6.07) is 11.2. The Hall–Kier alpha value is -1.92. The molecule has 1 saturated heterocycles. The van der Waals surface area contributed by atoms with E-state index in [0.29, 0.717) is 18.9 Å². The average Bonchev–Trinajstić information content (AvgIpc) is 3.11. The lowest BCUT2D eigenvalue weighted by Gasteiger charge is -2.18. The Labute approximate surface area is 137 Å². The monoisotopic (exact) mass is 331 g/mol. The molecule has 2 aromatic rings. The summed E-state index contributed by atoms with van der Waals surface area (Å²) in [5.74, 6) is 0.378. The molecule has 3 rings (SSSR count). The molecule has 0 radical (unpaired) electrons. The highest BCUT2D eigenvalue weighted by Crippen LogP contribution is 2.27. The number of hydrogen-bond donors (Lipinski definition) is 1. The first-order valence-electron chi connectivity index (χ1n) is 7.92. The molecule has 0 spiro atoms. The van der Waals surface area contributed by atoms with E-state index in [1.54, 1.807) is 18.3 Å². The maximum absolute atomic E-state index is 12.8. The normalized spacial score (nSPS) is 15.7. The van der Waals surface area contributed by atoms with Crippen LogP contribution in [0.2, 0.25) is 0 Å². The lowest BCUT2D eigenvalue weighted by molar-refractivity contribution is 0.477. The molecule has 1 aromatic carbocycles. The fourth-order valence-electron chi connectivity index (χ4n) is 2.72. The Morgan fingerprint density at radius 2 is 1.83 bits per heavy atom. The fourth-order valence-corrected chi connectivity index (χ4v) is 4.34. The van der Waals surface area contributed by atoms with Crippen LogP contribution < -0.4 is 5.32 Å². The van der Waals surface area contributed by atoms with Crippen LogP contribution in [-0.2, 0) is 16.4 Å². The van der Waals surface area contributed by atoms with Crippen LogP contribution in [0, 0.1) is 0 Å². The van der Waals surface area contributed by atoms with Gasteiger partial charge in [0, 0.05) is 25.0 Å². The number of aryl methyl sites for hydroxylation is 1. The van der Waals surface area contributed by atoms with Gasteiger partial charge in [-0.15, -0.1) is 0 Å². The minimum Gasteiger partial charge on any atom is -0.339 e. The summed E-state index contributed by atoms with van der Waals surface area (Å²) in [6.45, 7) is 3.27. The number of aromatic nitrogens is 1. The van der Waals surface area contributed by atoms with Gasteiger partial charge in [0.05, 0.1) is 0 Å². The molecule has 0 saturated carbocycles. The van der Waals surface area contributed by atoms with Crippen molar-refractivity contribution in [1.29, 1.82) is 0 Å². The molecule has 0 atom stereocenters. The molecule has 0 aliphatic carbocycles. The third-order valence-electron chi connectivity index (χ3n) is 4.08. The van der Waals surface area contributed by atoms with Gasteiger partial charge in [0.25, 0.3) is 0 Å². The quantitative estimate of drug-likeness (QED) is 0.914. The van der Waals surface area contributed by atoms with E-state index in [9.17, 15) is 8.42 Å². The Balaban J connectivity index is 1.91. The molecule has 122 valence electrons. The summed E-state index contributed by atoms with van der Waals surface area (Å²) in [7, 11) is -3.49. The Morgan fingerprint density at radius 3 is 2.48 bits per heavy atom. The maximum Gasteiger partial charge on any atom is 0.246 e. The van der Waals surface area contributed by atoms with Crippen molar-refractivity contribution in [2.45, 2.75) is 31.1 Å². The van der Waals surface area contributed by atoms with Crippen molar-refractivity contribution in [2.75, 3.05) is 18.4 Å². The highest BCUT2D eigenvalue weighted by atomic mass is 32.2. The number of pyridine rings is 1. The van der Waals surface area contributed by atoms with Gasteiger partial charge in [-0.1, -0.05) is 19.1 Å². The molecular weight excluding hydrogens is 310 g/mol. The van der Waals surface area contributed by atoms with Gasteiger partial charge in [-0.2, -0.15) is 4.31 Å². The summed E-state index contributed by atoms with van der Waals surface area (Å²) in [4.78, 5) is 4.47. The second kappa shape index (κ2) is 6.68. The van der Waals surface area contributed by atoms with Crippen molar-refractivity contribution in [3.63, 3.8) is 0 Å². The van der Waals surface area contributed by atoms with E-state index in [2.05, 4.69) is 17.2 Å². The van der Waals surface area contributed by atoms with E-state index in [4.69, 9.17) is 0 Å². The van der Waals surface area contributed by atoms with E-state index < -0.39 is 10.0 Å². The van der Waals surface area contributed by atoms with E-state index in [-0.39, 0.29) is 4.90 Å². The van der Waals surface area contributed by atoms with Crippen molar-refractivity contribution in [3.8, 4) is 0 Å². The number of benzene rings is 1. The second-order valence-electron chi connectivity index (χ2n) is 5.64. The van der Waals surface area contributed by atoms with Crippen LogP contribution in [-0.4, -0.2) is 30.8 Å². The van der Waals surface area contributed by atoms with Crippen molar-refractivity contribution in [2.24, 2.45) is 0 Å². The molecule has 1 N–H and O–H groups in total. The zero-order valence-electron chi connectivity index (χ0n) is 13.2. The number of hydrogen-bond acceptors (Lipinski definition) is 4. The van der Waals surface area contributed by atoms with Gasteiger partial charge in [-0.05, 0) is 49.1 Å². The SMILES string of the molecule is CCc1ccc(Nc2ncccc2S(=O)(=O)N2CCCC2)cc1. The van der Waals surface area contributed by atoms with E-state index in [0.717, 1.165) is 24.9 Å². The van der Waals surface area contributed by atoms with E-state index in [1.807, 2.05) is 24.3 Å². The number of sulfonamides is 1. The van der Waals surface area contributed by atoms with Crippen molar-refractivity contribution < 1.29 is 8.42 Å². The Kier molecular flexibility index (Phi) is 4.63. The van der Waals surface area contributed by atoms with Crippen LogP contribution in [0.15, 0.2) is 47.5 Å². The van der Waals surface area contributed by atoms with Gasteiger partial charge < -0.3 is 5.32 Å². The standard InChI is InChI=1S/C17H21N3O2S/c1-2-14-7-9-15(10-8-14)19-17-16(6-5-11-18-17)23(21,22)20-12-3-4-13-20/h5-11H,2-4,12-13H2,1H3,(H,18,19). The Bertz CT molecular complexity index is 767. The zero-order chi connectivity index (χ0) is 16.3. The molecule has 5 nitrogen and oxygen atoms in total. The zero-order valence-corrected chi connectivity index (χ0v) is 14.0. The van der Waals surface area contributed by atoms with Gasteiger partial charge in [-0.3, -0.25) is 0 Å². The summed E-state index contributed by atoms with van der Waals surface area (Å²) < 4.78 is 27.1. The number of rotatable bonds is 5. The van der Waals surface area contributed by atoms with Gasteiger partial charge in [0.2, 0.25) is 10.0 Å². The number of nitrogens with zero attached hydrogens (tertiary/aromatic N) is 2. The van der Waals surface area contributed by atoms with Crippen LogP contribution in [0.4, 0.5) is 11.5 Å². The third-order valence-corrected chi connectivity index (χ3v) is 6.01. The smallest absolute Gasteiger partial charge is 0.246 e. The first-order valence-corrected chi connectivity index (χ1v) is 9.36. The minimum absolute atomic E-state index is 0.237. The second-order valence-corrected chi connectivity index (χ2v) is 7.54. The lowest BCUT2D eigenvalue weighted by atomic mass is 10.1. The molecule has 0 unspecified atom stereocenters. The highest BCUT2D eigenvalue weighted by molar-refractivity contribution is 7.89. The van der Waals surface area contributed by atoms with Crippen LogP contribution in [0.25, 0.3) is 0 Å². The summed E-state index contributed by atoms with van der Waals surface area (Å²) in [5.41, 5.74) is 2.07. The summed E-state index contributed by atoms with van der Waals surface area (Å²) in [5, 5.41) is 3.14. The molecular formula is C17H21N3O2S. The molecule has 2 heterocycles. The van der Waals surface area contributed by atoms with Crippen LogP contribution in [0.3, 0.4) is 0 Å². The minimum atomic E-state index is -3.49. The average molecular weight is 331 g/mol. The predicted octanol–water partition coefficient (Wildman–Crippen LogP) is 3.17. The first-order chi connectivity index (χ1) is 11.1. The third kappa shape index (κ3) is 3.38. The predicted molar refractivity (Wildman–Crippen MR) is 91.3 cm³/mol. The first kappa shape index (κ1) is 16.0. The molecule has 23 heavy (non-hydrogen) atoms.